The zero-order chi connectivity index (χ0) is 7.49. The minimum Gasteiger partial charge on any atom is -0.330 e. The lowest BCUT2D eigenvalue weighted by atomic mass is 9.90. The first-order valence-electron chi connectivity index (χ1n) is 3.43. The molecule has 0 aliphatic carbocycles. The molecule has 0 saturated carbocycles. The maximum atomic E-state index is 13.1. The first kappa shape index (κ1) is 8.89. The van der Waals surface area contributed by atoms with Crippen LogP contribution in [-0.4, -0.2) is 12.2 Å². The van der Waals surface area contributed by atoms with Gasteiger partial charge in [-0.05, 0) is 19.9 Å². The highest BCUT2D eigenvalue weighted by atomic mass is 19.1. The molecule has 2 heteroatoms. The molecule has 0 aliphatic rings. The second-order valence-corrected chi connectivity index (χ2v) is 2.77. The molecule has 0 aliphatic heterocycles. The van der Waals surface area contributed by atoms with E-state index in [1.54, 1.807) is 6.92 Å². The minimum atomic E-state index is -1.07. The van der Waals surface area contributed by atoms with E-state index in [-0.39, 0.29) is 5.92 Å². The van der Waals surface area contributed by atoms with Gasteiger partial charge in [-0.1, -0.05) is 13.8 Å². The van der Waals surface area contributed by atoms with Crippen molar-refractivity contribution >= 4 is 0 Å². The summed E-state index contributed by atoms with van der Waals surface area (Å²) in [6.45, 7) is 5.71. The van der Waals surface area contributed by atoms with Gasteiger partial charge in [-0.2, -0.15) is 0 Å². The molecule has 2 unspecified atom stereocenters. The highest BCUT2D eigenvalue weighted by molar-refractivity contribution is 4.78. The number of alkyl halides is 1. The van der Waals surface area contributed by atoms with E-state index in [4.69, 9.17) is 5.73 Å². The highest BCUT2D eigenvalue weighted by Crippen LogP contribution is 2.23. The van der Waals surface area contributed by atoms with E-state index in [1.165, 1.54) is 0 Å². The van der Waals surface area contributed by atoms with Gasteiger partial charge in [-0.3, -0.25) is 0 Å². The molecule has 56 valence electrons. The average Bonchev–Trinajstić information content (AvgIpc) is 1.86. The van der Waals surface area contributed by atoms with E-state index >= 15 is 0 Å². The van der Waals surface area contributed by atoms with Crippen LogP contribution in [0.15, 0.2) is 0 Å². The van der Waals surface area contributed by atoms with Crippen molar-refractivity contribution in [3.8, 4) is 0 Å². The predicted octanol–water partition coefficient (Wildman–Crippen LogP) is 1.72. The van der Waals surface area contributed by atoms with Crippen molar-refractivity contribution in [2.75, 3.05) is 6.54 Å². The third kappa shape index (κ3) is 2.31. The van der Waals surface area contributed by atoms with Gasteiger partial charge >= 0.3 is 0 Å². The maximum Gasteiger partial charge on any atom is 0.111 e. The number of nitrogens with two attached hydrogens (primary N) is 1. The summed E-state index contributed by atoms with van der Waals surface area (Å²) in [5.41, 5.74) is 4.22. The highest BCUT2D eigenvalue weighted by Gasteiger charge is 2.26. The van der Waals surface area contributed by atoms with Crippen molar-refractivity contribution in [3.05, 3.63) is 0 Å². The SMILES string of the molecule is CCC(C)(F)C(C)CN. The van der Waals surface area contributed by atoms with Crippen LogP contribution in [0.1, 0.15) is 27.2 Å². The largest absolute Gasteiger partial charge is 0.330 e. The van der Waals surface area contributed by atoms with Gasteiger partial charge in [0.05, 0.1) is 0 Å². The number of halogens is 1. The standard InChI is InChI=1S/C7H16FN/c1-4-7(3,8)6(2)5-9/h6H,4-5,9H2,1-3H3. The van der Waals surface area contributed by atoms with Gasteiger partial charge in [0.2, 0.25) is 0 Å². The molecule has 0 saturated heterocycles. The third-order valence-corrected chi connectivity index (χ3v) is 2.07. The Morgan fingerprint density at radius 3 is 2.22 bits per heavy atom. The van der Waals surface area contributed by atoms with E-state index in [2.05, 4.69) is 0 Å². The topological polar surface area (TPSA) is 26.0 Å². The molecule has 0 rings (SSSR count). The average molecular weight is 133 g/mol. The Bertz CT molecular complexity index is 81.0. The molecule has 2 atom stereocenters. The zero-order valence-corrected chi connectivity index (χ0v) is 6.45. The summed E-state index contributed by atoms with van der Waals surface area (Å²) >= 11 is 0. The van der Waals surface area contributed by atoms with E-state index in [9.17, 15) is 4.39 Å². The molecule has 0 aromatic carbocycles. The summed E-state index contributed by atoms with van der Waals surface area (Å²) in [5, 5.41) is 0. The van der Waals surface area contributed by atoms with Gasteiger partial charge in [-0.15, -0.1) is 0 Å². The van der Waals surface area contributed by atoms with Crippen molar-refractivity contribution in [1.29, 1.82) is 0 Å². The molecule has 0 spiro atoms. The summed E-state index contributed by atoms with van der Waals surface area (Å²) in [6.07, 6.45) is 0.547. The Morgan fingerprint density at radius 1 is 1.67 bits per heavy atom. The normalized spacial score (nSPS) is 21.0. The summed E-state index contributed by atoms with van der Waals surface area (Å²) in [5.74, 6) is -0.0255. The van der Waals surface area contributed by atoms with Crippen LogP contribution in [0.2, 0.25) is 0 Å². The minimum absolute atomic E-state index is 0.0255. The van der Waals surface area contributed by atoms with E-state index in [0.29, 0.717) is 13.0 Å². The molecule has 0 heterocycles. The monoisotopic (exact) mass is 133 g/mol. The summed E-state index contributed by atoms with van der Waals surface area (Å²) in [4.78, 5) is 0. The summed E-state index contributed by atoms with van der Waals surface area (Å²) in [7, 11) is 0. The second-order valence-electron chi connectivity index (χ2n) is 2.77. The lowest BCUT2D eigenvalue weighted by Gasteiger charge is -2.24. The van der Waals surface area contributed by atoms with Gasteiger partial charge in [0.1, 0.15) is 5.67 Å². The predicted molar refractivity (Wildman–Crippen MR) is 38.0 cm³/mol. The quantitative estimate of drug-likeness (QED) is 0.623. The lowest BCUT2D eigenvalue weighted by molar-refractivity contribution is 0.112. The molecule has 0 fully saturated rings. The first-order chi connectivity index (χ1) is 4.04. The molecule has 9 heavy (non-hydrogen) atoms. The van der Waals surface area contributed by atoms with Crippen molar-refractivity contribution in [3.63, 3.8) is 0 Å². The molecule has 0 aromatic heterocycles. The third-order valence-electron chi connectivity index (χ3n) is 2.07. The molecular weight excluding hydrogens is 117 g/mol. The summed E-state index contributed by atoms with van der Waals surface area (Å²) in [6, 6.07) is 0. The maximum absolute atomic E-state index is 13.1. The van der Waals surface area contributed by atoms with Crippen molar-refractivity contribution < 1.29 is 4.39 Å². The fourth-order valence-corrected chi connectivity index (χ4v) is 0.594. The van der Waals surface area contributed by atoms with Gasteiger partial charge in [0.25, 0.3) is 0 Å². The fraction of sp³-hybridized carbons (Fsp3) is 1.00. The van der Waals surface area contributed by atoms with Crippen molar-refractivity contribution in [2.24, 2.45) is 11.7 Å². The number of rotatable bonds is 3. The van der Waals surface area contributed by atoms with Crippen LogP contribution in [-0.2, 0) is 0 Å². The van der Waals surface area contributed by atoms with Crippen LogP contribution in [0.3, 0.4) is 0 Å². The molecule has 0 radical (unpaired) electrons. The van der Waals surface area contributed by atoms with Gasteiger partial charge in [-0.25, -0.2) is 4.39 Å². The van der Waals surface area contributed by atoms with Gasteiger partial charge < -0.3 is 5.73 Å². The zero-order valence-electron chi connectivity index (χ0n) is 6.45. The molecule has 0 amide bonds. The van der Waals surface area contributed by atoms with Crippen LogP contribution >= 0.6 is 0 Å². The Hall–Kier alpha value is -0.110. The lowest BCUT2D eigenvalue weighted by Crippen LogP contribution is -2.32. The second kappa shape index (κ2) is 3.16. The van der Waals surface area contributed by atoms with E-state index < -0.39 is 5.67 Å². The van der Waals surface area contributed by atoms with Crippen LogP contribution in [0.25, 0.3) is 0 Å². The summed E-state index contributed by atoms with van der Waals surface area (Å²) < 4.78 is 13.1. The molecule has 1 nitrogen and oxygen atoms in total. The molecule has 2 N–H and O–H groups in total. The Balaban J connectivity index is 3.80. The molecule has 0 bridgehead atoms. The smallest absolute Gasteiger partial charge is 0.111 e. The van der Waals surface area contributed by atoms with Crippen molar-refractivity contribution in [2.45, 2.75) is 32.9 Å². The van der Waals surface area contributed by atoms with E-state index in [1.807, 2.05) is 13.8 Å². The molecule has 0 aromatic rings. The van der Waals surface area contributed by atoms with E-state index in [0.717, 1.165) is 0 Å². The van der Waals surface area contributed by atoms with Crippen LogP contribution in [0.5, 0.6) is 0 Å². The van der Waals surface area contributed by atoms with Crippen LogP contribution < -0.4 is 5.73 Å². The van der Waals surface area contributed by atoms with Crippen LogP contribution in [0, 0.1) is 5.92 Å². The Kier molecular flexibility index (Phi) is 3.12. The van der Waals surface area contributed by atoms with Crippen LogP contribution in [0.4, 0.5) is 4.39 Å². The number of hydrogen-bond donors (Lipinski definition) is 1. The van der Waals surface area contributed by atoms with Crippen molar-refractivity contribution in [1.82, 2.24) is 0 Å². The molecular formula is C7H16FN. The van der Waals surface area contributed by atoms with Gasteiger partial charge in [0, 0.05) is 5.92 Å². The Labute approximate surface area is 56.4 Å². The Morgan fingerprint density at radius 2 is 2.11 bits per heavy atom. The number of hydrogen-bond acceptors (Lipinski definition) is 1. The fourth-order valence-electron chi connectivity index (χ4n) is 0.594. The van der Waals surface area contributed by atoms with Gasteiger partial charge in [0.15, 0.2) is 0 Å². The first-order valence-corrected chi connectivity index (χ1v) is 3.43.